The van der Waals surface area contributed by atoms with E-state index in [4.69, 9.17) is 11.6 Å². The van der Waals surface area contributed by atoms with Crippen molar-refractivity contribution < 1.29 is 13.2 Å². The normalized spacial score (nSPS) is 11.5. The van der Waals surface area contributed by atoms with Crippen molar-refractivity contribution in [3.8, 4) is 11.1 Å². The van der Waals surface area contributed by atoms with Crippen molar-refractivity contribution >= 4 is 11.6 Å². The van der Waals surface area contributed by atoms with Gasteiger partial charge in [-0.05, 0) is 17.7 Å². The molecular formula is C12H7ClF3N. The van der Waals surface area contributed by atoms with Gasteiger partial charge in [-0.3, -0.25) is 4.98 Å². The number of nitrogens with zero attached hydrogens (tertiary/aromatic N) is 1. The lowest BCUT2D eigenvalue weighted by atomic mass is 10.0. The van der Waals surface area contributed by atoms with Crippen LogP contribution in [0.2, 0.25) is 5.02 Å². The molecule has 0 bridgehead atoms. The first kappa shape index (κ1) is 11.9. The van der Waals surface area contributed by atoms with E-state index in [0.29, 0.717) is 0 Å². The van der Waals surface area contributed by atoms with Crippen molar-refractivity contribution in [3.05, 3.63) is 53.3 Å². The van der Waals surface area contributed by atoms with Crippen molar-refractivity contribution in [2.45, 2.75) is 6.18 Å². The summed E-state index contributed by atoms with van der Waals surface area (Å²) < 4.78 is 38.4. The predicted molar refractivity (Wildman–Crippen MR) is 59.7 cm³/mol. The molecule has 17 heavy (non-hydrogen) atoms. The summed E-state index contributed by atoms with van der Waals surface area (Å²) in [5, 5.41) is 0.247. The lowest BCUT2D eigenvalue weighted by Gasteiger charge is -2.13. The predicted octanol–water partition coefficient (Wildman–Crippen LogP) is 4.42. The molecule has 0 spiro atoms. The monoisotopic (exact) mass is 257 g/mol. The molecule has 2 rings (SSSR count). The Hall–Kier alpha value is -1.55. The maximum Gasteiger partial charge on any atom is 0.417 e. The van der Waals surface area contributed by atoms with E-state index in [-0.39, 0.29) is 16.1 Å². The molecule has 0 fully saturated rings. The molecule has 1 aromatic heterocycles. The summed E-state index contributed by atoms with van der Waals surface area (Å²) in [5.41, 5.74) is -0.393. The first-order valence-electron chi connectivity index (χ1n) is 4.76. The molecule has 0 saturated heterocycles. The van der Waals surface area contributed by atoms with Gasteiger partial charge in [0, 0.05) is 18.0 Å². The smallest absolute Gasteiger partial charge is 0.264 e. The minimum Gasteiger partial charge on any atom is -0.264 e. The average Bonchev–Trinajstić information content (AvgIpc) is 2.28. The Morgan fingerprint density at radius 2 is 1.71 bits per heavy atom. The SMILES string of the molecule is FC(F)(F)c1ccccc1-c1cnccc1Cl. The lowest BCUT2D eigenvalue weighted by Crippen LogP contribution is -2.07. The quantitative estimate of drug-likeness (QED) is 0.737. The number of hydrogen-bond donors (Lipinski definition) is 0. The number of aromatic nitrogens is 1. The Balaban J connectivity index is 2.65. The number of alkyl halides is 3. The molecule has 0 aliphatic carbocycles. The second-order valence-corrected chi connectivity index (χ2v) is 3.81. The Bertz CT molecular complexity index is 537. The first-order chi connectivity index (χ1) is 8.00. The summed E-state index contributed by atoms with van der Waals surface area (Å²) in [4.78, 5) is 3.79. The van der Waals surface area contributed by atoms with Gasteiger partial charge in [-0.25, -0.2) is 0 Å². The summed E-state index contributed by atoms with van der Waals surface area (Å²) in [5.74, 6) is 0. The van der Waals surface area contributed by atoms with E-state index < -0.39 is 11.7 Å². The zero-order valence-electron chi connectivity index (χ0n) is 8.50. The molecule has 0 radical (unpaired) electrons. The van der Waals surface area contributed by atoms with Crippen molar-refractivity contribution in [1.82, 2.24) is 4.98 Å². The minimum atomic E-state index is -4.41. The fourth-order valence-electron chi connectivity index (χ4n) is 1.54. The second kappa shape index (κ2) is 4.37. The van der Waals surface area contributed by atoms with Crippen LogP contribution in [0, 0.1) is 0 Å². The highest BCUT2D eigenvalue weighted by molar-refractivity contribution is 6.33. The molecule has 0 atom stereocenters. The van der Waals surface area contributed by atoms with Gasteiger partial charge in [-0.2, -0.15) is 13.2 Å². The second-order valence-electron chi connectivity index (χ2n) is 3.40. The van der Waals surface area contributed by atoms with Gasteiger partial charge in [0.25, 0.3) is 0 Å². The van der Waals surface area contributed by atoms with Crippen molar-refractivity contribution in [2.75, 3.05) is 0 Å². The molecule has 0 N–H and O–H groups in total. The topological polar surface area (TPSA) is 12.9 Å². The van der Waals surface area contributed by atoms with Crippen LogP contribution in [0.1, 0.15) is 5.56 Å². The van der Waals surface area contributed by atoms with Crippen molar-refractivity contribution in [2.24, 2.45) is 0 Å². The molecule has 1 heterocycles. The van der Waals surface area contributed by atoms with Crippen molar-refractivity contribution in [3.63, 3.8) is 0 Å². The van der Waals surface area contributed by atoms with Crippen LogP contribution >= 0.6 is 11.6 Å². The molecule has 2 aromatic rings. The first-order valence-corrected chi connectivity index (χ1v) is 5.14. The van der Waals surface area contributed by atoms with Gasteiger partial charge in [0.05, 0.1) is 10.6 Å². The van der Waals surface area contributed by atoms with Gasteiger partial charge in [-0.1, -0.05) is 29.8 Å². The average molecular weight is 258 g/mol. The summed E-state index contributed by atoms with van der Waals surface area (Å²) in [6, 6.07) is 6.75. The van der Waals surface area contributed by atoms with Crippen LogP contribution in [0.3, 0.4) is 0 Å². The van der Waals surface area contributed by atoms with Crippen LogP contribution in [0.4, 0.5) is 13.2 Å². The molecule has 0 unspecified atom stereocenters. The Kier molecular flexibility index (Phi) is 3.07. The van der Waals surface area contributed by atoms with Crippen LogP contribution in [-0.2, 0) is 6.18 Å². The fourth-order valence-corrected chi connectivity index (χ4v) is 1.75. The zero-order valence-corrected chi connectivity index (χ0v) is 9.26. The van der Waals surface area contributed by atoms with Crippen LogP contribution in [0.25, 0.3) is 11.1 Å². The third kappa shape index (κ3) is 2.42. The highest BCUT2D eigenvalue weighted by Crippen LogP contribution is 2.38. The molecule has 88 valence electrons. The minimum absolute atomic E-state index is 0.0399. The standard InChI is InChI=1S/C12H7ClF3N/c13-11-5-6-17-7-9(11)8-3-1-2-4-10(8)12(14,15)16/h1-7H. The van der Waals surface area contributed by atoms with E-state index in [9.17, 15) is 13.2 Å². The Labute approximate surface area is 101 Å². The number of hydrogen-bond acceptors (Lipinski definition) is 1. The molecule has 0 aliphatic heterocycles. The molecular weight excluding hydrogens is 251 g/mol. The van der Waals surface area contributed by atoms with Gasteiger partial charge < -0.3 is 0 Å². The van der Waals surface area contributed by atoms with Crippen LogP contribution in [-0.4, -0.2) is 4.98 Å². The maximum absolute atomic E-state index is 12.8. The summed E-state index contributed by atoms with van der Waals surface area (Å²) in [6.45, 7) is 0. The lowest BCUT2D eigenvalue weighted by molar-refractivity contribution is -0.137. The van der Waals surface area contributed by atoms with Crippen molar-refractivity contribution in [1.29, 1.82) is 0 Å². The highest BCUT2D eigenvalue weighted by Gasteiger charge is 2.33. The van der Waals surface area contributed by atoms with E-state index in [1.165, 1.54) is 36.7 Å². The third-order valence-electron chi connectivity index (χ3n) is 2.29. The Morgan fingerprint density at radius 1 is 1.00 bits per heavy atom. The van der Waals surface area contributed by atoms with Gasteiger partial charge in [0.2, 0.25) is 0 Å². The van der Waals surface area contributed by atoms with E-state index in [1.807, 2.05) is 0 Å². The van der Waals surface area contributed by atoms with Crippen LogP contribution in [0.5, 0.6) is 0 Å². The van der Waals surface area contributed by atoms with E-state index in [1.54, 1.807) is 0 Å². The highest BCUT2D eigenvalue weighted by atomic mass is 35.5. The van der Waals surface area contributed by atoms with E-state index in [2.05, 4.69) is 4.98 Å². The van der Waals surface area contributed by atoms with Gasteiger partial charge in [-0.15, -0.1) is 0 Å². The number of benzene rings is 1. The van der Waals surface area contributed by atoms with E-state index >= 15 is 0 Å². The zero-order chi connectivity index (χ0) is 12.5. The maximum atomic E-state index is 12.8. The van der Waals surface area contributed by atoms with Gasteiger partial charge in [0.1, 0.15) is 0 Å². The van der Waals surface area contributed by atoms with Gasteiger partial charge in [0.15, 0.2) is 0 Å². The summed E-state index contributed by atoms with van der Waals surface area (Å²) in [7, 11) is 0. The van der Waals surface area contributed by atoms with Crippen LogP contribution < -0.4 is 0 Å². The third-order valence-corrected chi connectivity index (χ3v) is 2.62. The molecule has 0 aliphatic rings. The summed E-state index contributed by atoms with van der Waals surface area (Å²) in [6.07, 6.45) is -1.65. The molecule has 0 saturated carbocycles. The largest absolute Gasteiger partial charge is 0.417 e. The molecule has 0 amide bonds. The Morgan fingerprint density at radius 3 is 2.35 bits per heavy atom. The summed E-state index contributed by atoms with van der Waals surface area (Å²) >= 11 is 5.87. The van der Waals surface area contributed by atoms with E-state index in [0.717, 1.165) is 6.07 Å². The number of halogens is 4. The molecule has 1 aromatic carbocycles. The van der Waals surface area contributed by atoms with Crippen LogP contribution in [0.15, 0.2) is 42.7 Å². The number of rotatable bonds is 1. The van der Waals surface area contributed by atoms with Gasteiger partial charge >= 0.3 is 6.18 Å². The molecule has 1 nitrogen and oxygen atoms in total. The molecule has 5 heteroatoms. The number of pyridine rings is 1. The fraction of sp³-hybridized carbons (Fsp3) is 0.0833.